The molecule has 0 saturated carbocycles. The summed E-state index contributed by atoms with van der Waals surface area (Å²) in [6.07, 6.45) is 3.51. The minimum atomic E-state index is -3.95. The van der Waals surface area contributed by atoms with Crippen LogP contribution < -0.4 is 10.0 Å². The van der Waals surface area contributed by atoms with Gasteiger partial charge in [-0.15, -0.1) is 0 Å². The molecule has 34 heavy (non-hydrogen) atoms. The van der Waals surface area contributed by atoms with Crippen molar-refractivity contribution in [3.05, 3.63) is 89.2 Å². The zero-order valence-corrected chi connectivity index (χ0v) is 19.9. The Morgan fingerprint density at radius 1 is 0.941 bits per heavy atom. The molecule has 0 spiro atoms. The Morgan fingerprint density at radius 2 is 1.59 bits per heavy atom. The molecule has 1 aliphatic heterocycles. The van der Waals surface area contributed by atoms with Crippen molar-refractivity contribution in [1.29, 1.82) is 0 Å². The van der Waals surface area contributed by atoms with E-state index in [0.29, 0.717) is 11.3 Å². The molecule has 3 aromatic rings. The summed E-state index contributed by atoms with van der Waals surface area (Å²) in [5, 5.41) is 2.85. The molecule has 4 rings (SSSR count). The number of sulfonamides is 1. The Hall–Kier alpha value is -3.23. The minimum Gasteiger partial charge on any atom is -0.322 e. The highest BCUT2D eigenvalue weighted by Gasteiger charge is 2.19. The second kappa shape index (κ2) is 10.4. The summed E-state index contributed by atoms with van der Waals surface area (Å²) in [6.45, 7) is 5.13. The number of hydrogen-bond donors (Lipinski definition) is 2. The summed E-state index contributed by atoms with van der Waals surface area (Å²) >= 11 is 0. The molecule has 2 N–H and O–H groups in total. The van der Waals surface area contributed by atoms with Crippen molar-refractivity contribution in [2.75, 3.05) is 29.7 Å². The van der Waals surface area contributed by atoms with Crippen LogP contribution in [0, 0.1) is 12.7 Å². The van der Waals surface area contributed by atoms with Crippen LogP contribution in [0.4, 0.5) is 15.8 Å². The first-order chi connectivity index (χ1) is 16.3. The zero-order chi connectivity index (χ0) is 24.1. The van der Waals surface area contributed by atoms with Gasteiger partial charge in [-0.1, -0.05) is 18.2 Å². The number of likely N-dealkylation sites (tertiary alicyclic amines) is 1. The molecule has 3 aromatic carbocycles. The summed E-state index contributed by atoms with van der Waals surface area (Å²) in [4.78, 5) is 15.3. The van der Waals surface area contributed by atoms with Gasteiger partial charge in [0.1, 0.15) is 5.82 Å². The second-order valence-corrected chi connectivity index (χ2v) is 10.2. The van der Waals surface area contributed by atoms with Crippen LogP contribution in [0.5, 0.6) is 0 Å². The van der Waals surface area contributed by atoms with Crippen molar-refractivity contribution >= 4 is 27.3 Å². The molecule has 0 radical (unpaired) electrons. The molecule has 6 nitrogen and oxygen atoms in total. The van der Waals surface area contributed by atoms with Crippen molar-refractivity contribution in [2.24, 2.45) is 0 Å². The predicted molar refractivity (Wildman–Crippen MR) is 132 cm³/mol. The van der Waals surface area contributed by atoms with E-state index >= 15 is 0 Å². The van der Waals surface area contributed by atoms with Gasteiger partial charge in [-0.25, -0.2) is 12.8 Å². The van der Waals surface area contributed by atoms with E-state index in [9.17, 15) is 17.6 Å². The quantitative estimate of drug-likeness (QED) is 0.483. The maximum Gasteiger partial charge on any atom is 0.261 e. The number of carbonyl (C=O) groups is 1. The molecule has 1 amide bonds. The molecule has 0 aliphatic carbocycles. The molecular weight excluding hydrogens is 453 g/mol. The van der Waals surface area contributed by atoms with Crippen molar-refractivity contribution in [2.45, 2.75) is 31.1 Å². The van der Waals surface area contributed by atoms with Crippen molar-refractivity contribution in [1.82, 2.24) is 4.90 Å². The molecule has 0 bridgehead atoms. The first-order valence-electron chi connectivity index (χ1n) is 11.3. The van der Waals surface area contributed by atoms with E-state index in [2.05, 4.69) is 14.9 Å². The maximum atomic E-state index is 13.1. The van der Waals surface area contributed by atoms with Crippen LogP contribution in [0.2, 0.25) is 0 Å². The summed E-state index contributed by atoms with van der Waals surface area (Å²) in [5.74, 6) is -0.849. The van der Waals surface area contributed by atoms with Gasteiger partial charge in [0, 0.05) is 23.5 Å². The fourth-order valence-electron chi connectivity index (χ4n) is 3.99. The van der Waals surface area contributed by atoms with Gasteiger partial charge >= 0.3 is 0 Å². The van der Waals surface area contributed by atoms with Crippen molar-refractivity contribution < 1.29 is 17.6 Å². The zero-order valence-electron chi connectivity index (χ0n) is 19.1. The molecule has 1 heterocycles. The molecular formula is C26H28FN3O3S. The average molecular weight is 482 g/mol. The number of benzene rings is 3. The van der Waals surface area contributed by atoms with E-state index in [1.807, 2.05) is 24.3 Å². The number of rotatable bonds is 8. The third-order valence-corrected chi connectivity index (χ3v) is 7.37. The lowest BCUT2D eigenvalue weighted by Gasteiger charge is -2.14. The number of nitrogens with zero attached hydrogens (tertiary/aromatic N) is 1. The number of nitrogens with one attached hydrogen (secondary N) is 2. The lowest BCUT2D eigenvalue weighted by Crippen LogP contribution is -2.21. The van der Waals surface area contributed by atoms with Crippen molar-refractivity contribution in [3.8, 4) is 0 Å². The summed E-state index contributed by atoms with van der Waals surface area (Å²) in [7, 11) is -3.95. The van der Waals surface area contributed by atoms with E-state index in [1.54, 1.807) is 13.0 Å². The number of aryl methyl sites for hydroxylation is 1. The fraction of sp³-hybridized carbons (Fsp3) is 0.269. The Kier molecular flexibility index (Phi) is 7.29. The second-order valence-electron chi connectivity index (χ2n) is 8.54. The van der Waals surface area contributed by atoms with Crippen LogP contribution in [-0.2, 0) is 16.4 Å². The highest BCUT2D eigenvalue weighted by atomic mass is 32.2. The van der Waals surface area contributed by atoms with Crippen LogP contribution in [0.3, 0.4) is 0 Å². The Morgan fingerprint density at radius 3 is 2.26 bits per heavy atom. The number of anilines is 2. The Labute approximate surface area is 199 Å². The smallest absolute Gasteiger partial charge is 0.261 e. The number of hydrogen-bond acceptors (Lipinski definition) is 4. The Bertz CT molecular complexity index is 1250. The molecule has 0 unspecified atom stereocenters. The molecule has 8 heteroatoms. The standard InChI is InChI=1S/C26H28FN3O3S/c1-19-4-13-24(34(32,33)29-23-11-7-21(27)8-12-23)18-25(19)26(31)28-22-9-5-20(6-10-22)14-17-30-15-2-3-16-30/h4-13,18,29H,2-3,14-17H2,1H3,(H,28,31). The van der Waals surface area contributed by atoms with Gasteiger partial charge in [-0.3, -0.25) is 9.52 Å². The van der Waals surface area contributed by atoms with Gasteiger partial charge in [-0.2, -0.15) is 0 Å². The maximum absolute atomic E-state index is 13.1. The highest BCUT2D eigenvalue weighted by molar-refractivity contribution is 7.92. The minimum absolute atomic E-state index is 0.0511. The van der Waals surface area contributed by atoms with E-state index in [-0.39, 0.29) is 22.1 Å². The third kappa shape index (κ3) is 6.01. The molecule has 0 aromatic heterocycles. The number of halogens is 1. The normalized spacial score (nSPS) is 14.2. The molecule has 1 saturated heterocycles. The van der Waals surface area contributed by atoms with Crippen LogP contribution in [0.1, 0.15) is 34.3 Å². The topological polar surface area (TPSA) is 78.5 Å². The third-order valence-electron chi connectivity index (χ3n) is 5.99. The van der Waals surface area contributed by atoms with Gasteiger partial charge in [0.15, 0.2) is 0 Å². The predicted octanol–water partition coefficient (Wildman–Crippen LogP) is 4.83. The van der Waals surface area contributed by atoms with E-state index < -0.39 is 15.8 Å². The lowest BCUT2D eigenvalue weighted by molar-refractivity contribution is 0.102. The number of carbonyl (C=O) groups excluding carboxylic acids is 1. The van der Waals surface area contributed by atoms with Gasteiger partial charge in [0.2, 0.25) is 0 Å². The first-order valence-corrected chi connectivity index (χ1v) is 12.8. The summed E-state index contributed by atoms with van der Waals surface area (Å²) < 4.78 is 41.1. The highest BCUT2D eigenvalue weighted by Crippen LogP contribution is 2.21. The molecule has 1 aliphatic rings. The van der Waals surface area contributed by atoms with Gasteiger partial charge in [-0.05, 0) is 98.9 Å². The molecule has 178 valence electrons. The lowest BCUT2D eigenvalue weighted by atomic mass is 10.1. The molecule has 0 atom stereocenters. The number of amides is 1. The van der Waals surface area contributed by atoms with E-state index in [0.717, 1.165) is 13.0 Å². The SMILES string of the molecule is Cc1ccc(S(=O)(=O)Nc2ccc(F)cc2)cc1C(=O)Nc1ccc(CCN2CCCC2)cc1. The van der Waals surface area contributed by atoms with Crippen LogP contribution in [-0.4, -0.2) is 38.9 Å². The summed E-state index contributed by atoms with van der Waals surface area (Å²) in [6, 6.07) is 17.1. The Balaban J connectivity index is 1.43. The summed E-state index contributed by atoms with van der Waals surface area (Å²) in [5.41, 5.74) is 3.01. The van der Waals surface area contributed by atoms with E-state index in [1.165, 1.54) is 67.9 Å². The molecule has 1 fully saturated rings. The average Bonchev–Trinajstić information content (AvgIpc) is 3.34. The van der Waals surface area contributed by atoms with Gasteiger partial charge < -0.3 is 10.2 Å². The van der Waals surface area contributed by atoms with E-state index in [4.69, 9.17) is 0 Å². The van der Waals surface area contributed by atoms with Gasteiger partial charge in [0.25, 0.3) is 15.9 Å². The van der Waals surface area contributed by atoms with Crippen LogP contribution >= 0.6 is 0 Å². The largest absolute Gasteiger partial charge is 0.322 e. The van der Waals surface area contributed by atoms with Crippen LogP contribution in [0.15, 0.2) is 71.6 Å². The van der Waals surface area contributed by atoms with Crippen LogP contribution in [0.25, 0.3) is 0 Å². The first kappa shape index (κ1) is 23.9. The fourth-order valence-corrected chi connectivity index (χ4v) is 5.08. The van der Waals surface area contributed by atoms with Crippen molar-refractivity contribution in [3.63, 3.8) is 0 Å². The van der Waals surface area contributed by atoms with Gasteiger partial charge in [0.05, 0.1) is 4.90 Å². The monoisotopic (exact) mass is 481 g/mol.